The van der Waals surface area contributed by atoms with Gasteiger partial charge in [-0.05, 0) is 29.8 Å². The molecule has 162 valence electrons. The Bertz CT molecular complexity index is 1090. The van der Waals surface area contributed by atoms with Crippen molar-refractivity contribution in [1.29, 1.82) is 0 Å². The van der Waals surface area contributed by atoms with E-state index in [-0.39, 0.29) is 42.2 Å². The van der Waals surface area contributed by atoms with Crippen LogP contribution in [0.4, 0.5) is 19.6 Å². The van der Waals surface area contributed by atoms with Gasteiger partial charge in [0.25, 0.3) is 0 Å². The molecule has 0 atom stereocenters. The molecule has 1 aromatic heterocycles. The standard InChI is InChI=1S/C22H21F2N3O3S/c1-13(2)21(29)27-22-26-17(12-31-22)10-20(28)25-16-6-7-19(18(24)9-16)30-11-14-4-3-5-15(23)8-14/h3-9,12-13H,10-11H2,1-2H3,(H,25,28)(H,26,27,29). The van der Waals surface area contributed by atoms with Crippen molar-refractivity contribution in [2.24, 2.45) is 5.92 Å². The molecule has 31 heavy (non-hydrogen) atoms. The number of ether oxygens (including phenoxy) is 1. The van der Waals surface area contributed by atoms with Gasteiger partial charge in [0, 0.05) is 23.1 Å². The largest absolute Gasteiger partial charge is 0.486 e. The zero-order valence-corrected chi connectivity index (χ0v) is 17.8. The van der Waals surface area contributed by atoms with Crippen LogP contribution < -0.4 is 15.4 Å². The van der Waals surface area contributed by atoms with E-state index in [0.717, 1.165) is 6.07 Å². The number of rotatable bonds is 8. The lowest BCUT2D eigenvalue weighted by Gasteiger charge is -2.10. The molecule has 0 spiro atoms. The predicted octanol–water partition coefficient (Wildman–Crippen LogP) is 4.78. The van der Waals surface area contributed by atoms with Crippen LogP contribution in [0, 0.1) is 17.6 Å². The number of carbonyl (C=O) groups is 2. The zero-order valence-electron chi connectivity index (χ0n) is 16.9. The normalized spacial score (nSPS) is 10.7. The highest BCUT2D eigenvalue weighted by Crippen LogP contribution is 2.23. The molecule has 0 radical (unpaired) electrons. The summed E-state index contributed by atoms with van der Waals surface area (Å²) in [4.78, 5) is 28.1. The van der Waals surface area contributed by atoms with E-state index in [1.807, 2.05) is 0 Å². The van der Waals surface area contributed by atoms with Gasteiger partial charge in [0.15, 0.2) is 16.7 Å². The summed E-state index contributed by atoms with van der Waals surface area (Å²) in [7, 11) is 0. The first-order valence-electron chi connectivity index (χ1n) is 9.52. The second-order valence-corrected chi connectivity index (χ2v) is 7.93. The van der Waals surface area contributed by atoms with Gasteiger partial charge in [-0.3, -0.25) is 9.59 Å². The predicted molar refractivity (Wildman–Crippen MR) is 115 cm³/mol. The molecule has 0 fully saturated rings. The van der Waals surface area contributed by atoms with Crippen LogP contribution >= 0.6 is 11.3 Å². The van der Waals surface area contributed by atoms with E-state index in [4.69, 9.17) is 4.74 Å². The Morgan fingerprint density at radius 2 is 1.94 bits per heavy atom. The molecule has 0 unspecified atom stereocenters. The quantitative estimate of drug-likeness (QED) is 0.523. The third-order valence-corrected chi connectivity index (χ3v) is 4.95. The lowest BCUT2D eigenvalue weighted by atomic mass is 10.2. The van der Waals surface area contributed by atoms with Crippen LogP contribution in [0.2, 0.25) is 0 Å². The van der Waals surface area contributed by atoms with Crippen LogP contribution in [0.5, 0.6) is 5.75 Å². The van der Waals surface area contributed by atoms with Gasteiger partial charge in [0.05, 0.1) is 12.1 Å². The molecule has 2 amide bonds. The number of carbonyl (C=O) groups excluding carboxylic acids is 2. The van der Waals surface area contributed by atoms with Gasteiger partial charge in [0.1, 0.15) is 12.4 Å². The molecule has 2 N–H and O–H groups in total. The summed E-state index contributed by atoms with van der Waals surface area (Å²) in [5.74, 6) is -1.75. The monoisotopic (exact) mass is 445 g/mol. The summed E-state index contributed by atoms with van der Waals surface area (Å²) in [6, 6.07) is 9.90. The average Bonchev–Trinajstić information content (AvgIpc) is 3.13. The molecule has 0 aliphatic carbocycles. The first kappa shape index (κ1) is 22.4. The van der Waals surface area contributed by atoms with Crippen LogP contribution in [0.3, 0.4) is 0 Å². The minimum atomic E-state index is -0.651. The van der Waals surface area contributed by atoms with Crippen LogP contribution in [-0.4, -0.2) is 16.8 Å². The third-order valence-electron chi connectivity index (χ3n) is 4.15. The minimum absolute atomic E-state index is 0.00713. The molecule has 6 nitrogen and oxygen atoms in total. The van der Waals surface area contributed by atoms with E-state index in [2.05, 4.69) is 15.6 Å². The van der Waals surface area contributed by atoms with Crippen molar-refractivity contribution in [3.05, 3.63) is 70.7 Å². The van der Waals surface area contributed by atoms with Gasteiger partial charge in [-0.1, -0.05) is 26.0 Å². The fourth-order valence-electron chi connectivity index (χ4n) is 2.55. The second-order valence-electron chi connectivity index (χ2n) is 7.08. The van der Waals surface area contributed by atoms with E-state index in [1.54, 1.807) is 31.4 Å². The molecular formula is C22H21F2N3O3S. The van der Waals surface area contributed by atoms with E-state index >= 15 is 0 Å². The van der Waals surface area contributed by atoms with E-state index in [0.29, 0.717) is 16.4 Å². The Hall–Kier alpha value is -3.33. The number of aromatic nitrogens is 1. The Morgan fingerprint density at radius 3 is 2.65 bits per heavy atom. The van der Waals surface area contributed by atoms with Crippen molar-refractivity contribution in [2.45, 2.75) is 26.9 Å². The van der Waals surface area contributed by atoms with Gasteiger partial charge in [-0.15, -0.1) is 11.3 Å². The van der Waals surface area contributed by atoms with Crippen molar-refractivity contribution < 1.29 is 23.1 Å². The maximum absolute atomic E-state index is 14.3. The molecule has 0 bridgehead atoms. The third kappa shape index (κ3) is 6.58. The SMILES string of the molecule is CC(C)C(=O)Nc1nc(CC(=O)Nc2ccc(OCc3cccc(F)c3)c(F)c2)cs1. The number of amides is 2. The summed E-state index contributed by atoms with van der Waals surface area (Å²) in [6.07, 6.45) is -0.0203. The van der Waals surface area contributed by atoms with Crippen molar-refractivity contribution >= 4 is 34.0 Å². The second kappa shape index (κ2) is 10.1. The highest BCUT2D eigenvalue weighted by molar-refractivity contribution is 7.13. The molecule has 3 aromatic rings. The van der Waals surface area contributed by atoms with E-state index < -0.39 is 11.6 Å². The molecule has 2 aromatic carbocycles. The molecule has 0 aliphatic rings. The van der Waals surface area contributed by atoms with Crippen molar-refractivity contribution in [1.82, 2.24) is 4.98 Å². The summed E-state index contributed by atoms with van der Waals surface area (Å²) in [6.45, 7) is 3.56. The Labute approximate surface area is 182 Å². The Morgan fingerprint density at radius 1 is 1.13 bits per heavy atom. The summed E-state index contributed by atoms with van der Waals surface area (Å²) >= 11 is 1.23. The lowest BCUT2D eigenvalue weighted by molar-refractivity contribution is -0.119. The van der Waals surface area contributed by atoms with Gasteiger partial charge in [-0.25, -0.2) is 13.8 Å². The first-order chi connectivity index (χ1) is 14.8. The topological polar surface area (TPSA) is 80.3 Å². The van der Waals surface area contributed by atoms with Crippen LogP contribution in [0.1, 0.15) is 25.1 Å². The zero-order chi connectivity index (χ0) is 22.4. The van der Waals surface area contributed by atoms with Gasteiger partial charge in [0.2, 0.25) is 11.8 Å². The maximum atomic E-state index is 14.3. The van der Waals surface area contributed by atoms with Crippen LogP contribution in [0.15, 0.2) is 47.8 Å². The molecule has 0 aliphatic heterocycles. The van der Waals surface area contributed by atoms with Crippen LogP contribution in [-0.2, 0) is 22.6 Å². The van der Waals surface area contributed by atoms with E-state index in [9.17, 15) is 18.4 Å². The number of nitrogens with one attached hydrogen (secondary N) is 2. The maximum Gasteiger partial charge on any atom is 0.230 e. The number of benzene rings is 2. The minimum Gasteiger partial charge on any atom is -0.486 e. The first-order valence-corrected chi connectivity index (χ1v) is 10.4. The molecule has 9 heteroatoms. The van der Waals surface area contributed by atoms with Crippen LogP contribution in [0.25, 0.3) is 0 Å². The van der Waals surface area contributed by atoms with E-state index in [1.165, 1.54) is 35.6 Å². The number of hydrogen-bond acceptors (Lipinski definition) is 5. The molecule has 0 saturated carbocycles. The van der Waals surface area contributed by atoms with Gasteiger partial charge < -0.3 is 15.4 Å². The molecule has 0 saturated heterocycles. The summed E-state index contributed by atoms with van der Waals surface area (Å²) in [5, 5.41) is 7.38. The highest BCUT2D eigenvalue weighted by atomic mass is 32.1. The fraction of sp³-hybridized carbons (Fsp3) is 0.227. The fourth-order valence-corrected chi connectivity index (χ4v) is 3.26. The van der Waals surface area contributed by atoms with Crippen molar-refractivity contribution in [3.8, 4) is 5.75 Å². The molecule has 1 heterocycles. The Balaban J connectivity index is 1.54. The number of thiazole rings is 1. The number of hydrogen-bond donors (Lipinski definition) is 2. The summed E-state index contributed by atoms with van der Waals surface area (Å²) < 4.78 is 32.9. The molecular weight excluding hydrogens is 424 g/mol. The molecule has 3 rings (SSSR count). The lowest BCUT2D eigenvalue weighted by Crippen LogP contribution is -2.18. The Kier molecular flexibility index (Phi) is 7.30. The van der Waals surface area contributed by atoms with Crippen molar-refractivity contribution in [3.63, 3.8) is 0 Å². The van der Waals surface area contributed by atoms with Gasteiger partial charge >= 0.3 is 0 Å². The van der Waals surface area contributed by atoms with Crippen molar-refractivity contribution in [2.75, 3.05) is 10.6 Å². The average molecular weight is 445 g/mol. The number of anilines is 2. The number of halogens is 2. The smallest absolute Gasteiger partial charge is 0.230 e. The van der Waals surface area contributed by atoms with Gasteiger partial charge in [-0.2, -0.15) is 0 Å². The number of nitrogens with zero attached hydrogens (tertiary/aromatic N) is 1. The summed E-state index contributed by atoms with van der Waals surface area (Å²) in [5.41, 5.74) is 1.34. The highest BCUT2D eigenvalue weighted by Gasteiger charge is 2.13.